The van der Waals surface area contributed by atoms with E-state index in [1.54, 1.807) is 5.57 Å². The second-order valence-electron chi connectivity index (χ2n) is 11.0. The second kappa shape index (κ2) is 15.6. The minimum Gasteiger partial charge on any atom is -0.399 e. The molecule has 1 aliphatic carbocycles. The average molecular weight is 506 g/mol. The van der Waals surface area contributed by atoms with Gasteiger partial charge in [-0.15, -0.1) is 0 Å². The van der Waals surface area contributed by atoms with Crippen LogP contribution in [-0.4, -0.2) is 0 Å². The van der Waals surface area contributed by atoms with E-state index in [4.69, 9.17) is 5.73 Å². The fourth-order valence-corrected chi connectivity index (χ4v) is 4.40. The molecule has 0 saturated heterocycles. The highest BCUT2D eigenvalue weighted by Gasteiger charge is 2.26. The second-order valence-corrected chi connectivity index (χ2v) is 11.0. The van der Waals surface area contributed by atoms with E-state index in [0.717, 1.165) is 11.3 Å². The van der Waals surface area contributed by atoms with Crippen LogP contribution >= 0.6 is 0 Å². The van der Waals surface area contributed by atoms with Gasteiger partial charge in [0.25, 0.3) is 0 Å². The van der Waals surface area contributed by atoms with Crippen molar-refractivity contribution >= 4 is 11.8 Å². The zero-order valence-corrected chi connectivity index (χ0v) is 24.6. The summed E-state index contributed by atoms with van der Waals surface area (Å²) in [5.74, 6) is 0. The SMILES string of the molecule is CC1=C(/C=C/C(C)=C/C=C/C(C)=C/C=C/C=C(C)/C=C/C=C(C)/C=C/c2ccc(N)cc2)C(C)(C)CCC1. The van der Waals surface area contributed by atoms with Gasteiger partial charge >= 0.3 is 0 Å². The summed E-state index contributed by atoms with van der Waals surface area (Å²) >= 11 is 0. The predicted octanol–water partition coefficient (Wildman–Crippen LogP) is 10.8. The standard InChI is InChI=1S/C37H47N/c1-29(15-10-17-31(3)20-22-34-23-25-35(38)26-24-34)13-8-9-14-30(2)16-11-18-32(4)21-27-36-33(5)19-12-28-37(36,6)7/h8-11,13-18,20-27H,12,19,28,38H2,1-7H3/b9-8+,15-10+,16-11+,22-20+,27-21+,29-13+,30-14+,31-17+,32-18+. The van der Waals surface area contributed by atoms with E-state index in [9.17, 15) is 0 Å². The van der Waals surface area contributed by atoms with Crippen molar-refractivity contribution in [2.75, 3.05) is 5.73 Å². The number of hydrogen-bond acceptors (Lipinski definition) is 1. The molecule has 1 heteroatoms. The molecule has 0 spiro atoms. The van der Waals surface area contributed by atoms with Crippen molar-refractivity contribution in [1.29, 1.82) is 0 Å². The summed E-state index contributed by atoms with van der Waals surface area (Å²) in [4.78, 5) is 0. The van der Waals surface area contributed by atoms with Crippen LogP contribution in [0.25, 0.3) is 6.08 Å². The number of rotatable bonds is 10. The summed E-state index contributed by atoms with van der Waals surface area (Å²) in [6, 6.07) is 7.88. The lowest BCUT2D eigenvalue weighted by molar-refractivity contribution is 0.377. The molecule has 1 aromatic carbocycles. The van der Waals surface area contributed by atoms with Crippen LogP contribution in [0.15, 0.2) is 137 Å². The Morgan fingerprint density at radius 2 is 1.16 bits per heavy atom. The van der Waals surface area contributed by atoms with Gasteiger partial charge < -0.3 is 5.73 Å². The Balaban J connectivity index is 1.85. The van der Waals surface area contributed by atoms with Gasteiger partial charge in [-0.05, 0) is 82.6 Å². The first-order valence-electron chi connectivity index (χ1n) is 13.7. The molecular weight excluding hydrogens is 458 g/mol. The molecule has 1 aliphatic rings. The fourth-order valence-electron chi connectivity index (χ4n) is 4.40. The zero-order chi connectivity index (χ0) is 28.0. The predicted molar refractivity (Wildman–Crippen MR) is 172 cm³/mol. The van der Waals surface area contributed by atoms with Gasteiger partial charge in [-0.25, -0.2) is 0 Å². The molecule has 0 heterocycles. The lowest BCUT2D eigenvalue weighted by atomic mass is 9.72. The van der Waals surface area contributed by atoms with Gasteiger partial charge in [0.2, 0.25) is 0 Å². The van der Waals surface area contributed by atoms with Crippen LogP contribution in [0.3, 0.4) is 0 Å². The molecule has 0 bridgehead atoms. The Hall–Kier alpha value is -3.58. The molecule has 2 rings (SSSR count). The highest BCUT2D eigenvalue weighted by atomic mass is 14.5. The minimum absolute atomic E-state index is 0.287. The Bertz CT molecular complexity index is 1230. The Morgan fingerprint density at radius 3 is 1.68 bits per heavy atom. The summed E-state index contributed by atoms with van der Waals surface area (Å²) in [6.45, 7) is 15.5. The van der Waals surface area contributed by atoms with Crippen molar-refractivity contribution in [2.45, 2.75) is 67.7 Å². The molecule has 0 radical (unpaired) electrons. The van der Waals surface area contributed by atoms with Gasteiger partial charge in [-0.2, -0.15) is 0 Å². The van der Waals surface area contributed by atoms with Crippen molar-refractivity contribution < 1.29 is 0 Å². The molecule has 1 nitrogen and oxygen atoms in total. The van der Waals surface area contributed by atoms with E-state index in [-0.39, 0.29) is 5.41 Å². The van der Waals surface area contributed by atoms with Gasteiger partial charge in [0.1, 0.15) is 0 Å². The summed E-state index contributed by atoms with van der Waals surface area (Å²) in [5, 5.41) is 0. The van der Waals surface area contributed by atoms with Gasteiger partial charge in [-0.1, -0.05) is 139 Å². The maximum Gasteiger partial charge on any atom is 0.0314 e. The Labute approximate surface area is 232 Å². The normalized spacial score (nSPS) is 18.4. The first-order valence-corrected chi connectivity index (χ1v) is 13.7. The third-order valence-electron chi connectivity index (χ3n) is 6.80. The molecule has 0 atom stereocenters. The largest absolute Gasteiger partial charge is 0.399 e. The number of benzene rings is 1. The van der Waals surface area contributed by atoms with E-state index in [1.807, 2.05) is 24.3 Å². The lowest BCUT2D eigenvalue weighted by Gasteiger charge is -2.32. The first-order chi connectivity index (χ1) is 18.1. The molecule has 0 unspecified atom stereocenters. The van der Waals surface area contributed by atoms with Crippen LogP contribution in [-0.2, 0) is 0 Å². The number of nitrogen functional groups attached to an aromatic ring is 1. The Kier molecular flexibility index (Phi) is 12.6. The van der Waals surface area contributed by atoms with Crippen molar-refractivity contribution in [3.8, 4) is 0 Å². The van der Waals surface area contributed by atoms with Crippen molar-refractivity contribution in [3.63, 3.8) is 0 Å². The summed E-state index contributed by atoms with van der Waals surface area (Å²) < 4.78 is 0. The summed E-state index contributed by atoms with van der Waals surface area (Å²) in [7, 11) is 0. The molecule has 0 aliphatic heterocycles. The van der Waals surface area contributed by atoms with E-state index < -0.39 is 0 Å². The van der Waals surface area contributed by atoms with Gasteiger partial charge in [0.05, 0.1) is 0 Å². The van der Waals surface area contributed by atoms with Crippen LogP contribution < -0.4 is 5.73 Å². The quantitative estimate of drug-likeness (QED) is 0.248. The lowest BCUT2D eigenvalue weighted by Crippen LogP contribution is -2.19. The summed E-state index contributed by atoms with van der Waals surface area (Å²) in [5.41, 5.74) is 15.9. The number of hydrogen-bond donors (Lipinski definition) is 1. The van der Waals surface area contributed by atoms with E-state index in [0.29, 0.717) is 0 Å². The third kappa shape index (κ3) is 11.6. The number of nitrogens with two attached hydrogens (primary N) is 1. The average Bonchev–Trinajstić information content (AvgIpc) is 2.85. The number of allylic oxidation sites excluding steroid dienone is 19. The first kappa shape index (κ1) is 30.6. The monoisotopic (exact) mass is 505 g/mol. The topological polar surface area (TPSA) is 26.0 Å². The molecular formula is C37H47N. The van der Waals surface area contributed by atoms with Crippen LogP contribution in [0.4, 0.5) is 5.69 Å². The maximum atomic E-state index is 5.74. The van der Waals surface area contributed by atoms with Crippen molar-refractivity contribution in [2.24, 2.45) is 5.41 Å². The van der Waals surface area contributed by atoms with Crippen LogP contribution in [0.1, 0.15) is 73.3 Å². The molecule has 0 saturated carbocycles. The van der Waals surface area contributed by atoms with E-state index in [1.165, 1.54) is 47.1 Å². The van der Waals surface area contributed by atoms with Gasteiger partial charge in [0, 0.05) is 5.69 Å². The highest BCUT2D eigenvalue weighted by molar-refractivity contribution is 5.56. The summed E-state index contributed by atoms with van der Waals surface area (Å²) in [6.07, 6.45) is 33.8. The van der Waals surface area contributed by atoms with Crippen LogP contribution in [0.5, 0.6) is 0 Å². The van der Waals surface area contributed by atoms with Crippen LogP contribution in [0, 0.1) is 5.41 Å². The van der Waals surface area contributed by atoms with Gasteiger partial charge in [0.15, 0.2) is 0 Å². The van der Waals surface area contributed by atoms with Crippen LogP contribution in [0.2, 0.25) is 0 Å². The van der Waals surface area contributed by atoms with Crippen molar-refractivity contribution in [3.05, 3.63) is 142 Å². The number of anilines is 1. The smallest absolute Gasteiger partial charge is 0.0314 e. The molecule has 1 aromatic rings. The van der Waals surface area contributed by atoms with E-state index >= 15 is 0 Å². The molecule has 0 aromatic heterocycles. The molecule has 38 heavy (non-hydrogen) atoms. The highest BCUT2D eigenvalue weighted by Crippen LogP contribution is 2.40. The molecule has 0 fully saturated rings. The maximum absolute atomic E-state index is 5.74. The van der Waals surface area contributed by atoms with E-state index in [2.05, 4.69) is 134 Å². The molecule has 2 N–H and O–H groups in total. The Morgan fingerprint density at radius 1 is 0.684 bits per heavy atom. The van der Waals surface area contributed by atoms with Crippen molar-refractivity contribution in [1.82, 2.24) is 0 Å². The molecule has 200 valence electrons. The van der Waals surface area contributed by atoms with Gasteiger partial charge in [-0.3, -0.25) is 0 Å². The fraction of sp³-hybridized carbons (Fsp3) is 0.297. The third-order valence-corrected chi connectivity index (χ3v) is 6.80. The molecule has 0 amide bonds. The zero-order valence-electron chi connectivity index (χ0n) is 24.6. The minimum atomic E-state index is 0.287.